The second-order valence-electron chi connectivity index (χ2n) is 6.54. The molecule has 2 N–H and O–H groups in total. The molecule has 0 saturated carbocycles. The van der Waals surface area contributed by atoms with Crippen LogP contribution in [0.4, 0.5) is 0 Å². The van der Waals surface area contributed by atoms with Crippen LogP contribution < -0.4 is 10.2 Å². The van der Waals surface area contributed by atoms with Crippen molar-refractivity contribution in [3.05, 3.63) is 95.3 Å². The van der Waals surface area contributed by atoms with Crippen LogP contribution in [-0.2, 0) is 4.79 Å². The minimum atomic E-state index is -0.426. The predicted molar refractivity (Wildman–Crippen MR) is 118 cm³/mol. The van der Waals surface area contributed by atoms with Crippen LogP contribution in [0.25, 0.3) is 11.0 Å². The Labute approximate surface area is 183 Å². The molecule has 0 atom stereocenters. The van der Waals surface area contributed by atoms with Crippen molar-refractivity contribution in [1.29, 1.82) is 0 Å². The number of nitrogens with zero attached hydrogens (tertiary/aromatic N) is 3. The number of amides is 1. The topological polar surface area (TPSA) is 96.7 Å². The van der Waals surface area contributed by atoms with Gasteiger partial charge in [-0.25, -0.2) is 5.43 Å². The van der Waals surface area contributed by atoms with Crippen LogP contribution in [0.2, 0.25) is 5.02 Å². The van der Waals surface area contributed by atoms with Gasteiger partial charge in [-0.05, 0) is 48.5 Å². The van der Waals surface area contributed by atoms with Gasteiger partial charge in [-0.15, -0.1) is 0 Å². The van der Waals surface area contributed by atoms with Crippen molar-refractivity contribution in [3.63, 3.8) is 0 Å². The first-order chi connectivity index (χ1) is 15.1. The molecule has 0 bridgehead atoms. The molecule has 154 valence electrons. The van der Waals surface area contributed by atoms with Gasteiger partial charge in [-0.3, -0.25) is 14.8 Å². The Morgan fingerprint density at radius 3 is 2.29 bits per heavy atom. The number of benzene rings is 3. The molecule has 1 aromatic heterocycles. The Morgan fingerprint density at radius 2 is 1.58 bits per heavy atom. The van der Waals surface area contributed by atoms with Crippen LogP contribution in [0, 0.1) is 0 Å². The molecule has 0 radical (unpaired) electrons. The fraction of sp³-hybridized carbons (Fsp3) is 0.0435. The SMILES string of the molecule is O=C(COc1ccc2nccnc2c1)NN=C(c1ccc(O)cc1)c1ccc(Cl)cc1. The number of fused-ring (bicyclic) bond motifs is 1. The Hall–Kier alpha value is -3.97. The smallest absolute Gasteiger partial charge is 0.277 e. The summed E-state index contributed by atoms with van der Waals surface area (Å²) in [5, 5.41) is 14.4. The molecular weight excluding hydrogens is 416 g/mol. The molecule has 0 unspecified atom stereocenters. The number of hydrogen-bond donors (Lipinski definition) is 2. The number of phenols is 1. The second kappa shape index (κ2) is 9.23. The van der Waals surface area contributed by atoms with Crippen molar-refractivity contribution < 1.29 is 14.6 Å². The van der Waals surface area contributed by atoms with E-state index in [1.807, 2.05) is 0 Å². The van der Waals surface area contributed by atoms with E-state index in [2.05, 4.69) is 20.5 Å². The molecule has 1 heterocycles. The number of carbonyl (C=O) groups is 1. The Bertz CT molecular complexity index is 1190. The maximum Gasteiger partial charge on any atom is 0.277 e. The van der Waals surface area contributed by atoms with Crippen molar-refractivity contribution in [1.82, 2.24) is 15.4 Å². The van der Waals surface area contributed by atoms with E-state index in [-0.39, 0.29) is 12.4 Å². The molecule has 0 fully saturated rings. The second-order valence-corrected chi connectivity index (χ2v) is 6.98. The summed E-state index contributed by atoms with van der Waals surface area (Å²) < 4.78 is 5.55. The summed E-state index contributed by atoms with van der Waals surface area (Å²) in [6, 6.07) is 18.8. The number of halogens is 1. The average molecular weight is 433 g/mol. The van der Waals surface area contributed by atoms with Crippen molar-refractivity contribution in [3.8, 4) is 11.5 Å². The number of hydrazone groups is 1. The summed E-state index contributed by atoms with van der Waals surface area (Å²) in [6.45, 7) is -0.223. The number of rotatable bonds is 6. The molecule has 0 aliphatic carbocycles. The first-order valence-electron chi connectivity index (χ1n) is 9.34. The highest BCUT2D eigenvalue weighted by molar-refractivity contribution is 6.30. The van der Waals surface area contributed by atoms with Gasteiger partial charge in [0, 0.05) is 34.6 Å². The number of hydrogen-bond acceptors (Lipinski definition) is 6. The Morgan fingerprint density at radius 1 is 0.935 bits per heavy atom. The zero-order valence-electron chi connectivity index (χ0n) is 16.2. The van der Waals surface area contributed by atoms with Gasteiger partial charge in [0.25, 0.3) is 5.91 Å². The average Bonchev–Trinajstić information content (AvgIpc) is 2.80. The summed E-state index contributed by atoms with van der Waals surface area (Å²) in [5.74, 6) is 0.213. The first-order valence-corrected chi connectivity index (χ1v) is 9.72. The van der Waals surface area contributed by atoms with E-state index in [0.29, 0.717) is 22.0 Å². The molecule has 8 heteroatoms. The minimum Gasteiger partial charge on any atom is -0.508 e. The van der Waals surface area contributed by atoms with E-state index in [1.54, 1.807) is 79.1 Å². The van der Waals surface area contributed by atoms with E-state index in [0.717, 1.165) is 16.6 Å². The van der Waals surface area contributed by atoms with Gasteiger partial charge in [-0.1, -0.05) is 23.7 Å². The summed E-state index contributed by atoms with van der Waals surface area (Å²) in [7, 11) is 0. The summed E-state index contributed by atoms with van der Waals surface area (Å²) in [6.07, 6.45) is 3.20. The van der Waals surface area contributed by atoms with E-state index in [9.17, 15) is 9.90 Å². The van der Waals surface area contributed by atoms with Gasteiger partial charge >= 0.3 is 0 Å². The third kappa shape index (κ3) is 5.15. The largest absolute Gasteiger partial charge is 0.508 e. The number of carbonyl (C=O) groups excluding carboxylic acids is 1. The summed E-state index contributed by atoms with van der Waals surface area (Å²) in [5.41, 5.74) is 5.93. The van der Waals surface area contributed by atoms with Gasteiger partial charge in [0.05, 0.1) is 16.7 Å². The zero-order valence-corrected chi connectivity index (χ0v) is 17.0. The van der Waals surface area contributed by atoms with Gasteiger partial charge in [0.15, 0.2) is 6.61 Å². The number of aromatic nitrogens is 2. The number of aromatic hydroxyl groups is 1. The fourth-order valence-corrected chi connectivity index (χ4v) is 2.98. The lowest BCUT2D eigenvalue weighted by atomic mass is 10.0. The highest BCUT2D eigenvalue weighted by Gasteiger charge is 2.10. The van der Waals surface area contributed by atoms with E-state index in [1.165, 1.54) is 0 Å². The van der Waals surface area contributed by atoms with Crippen molar-refractivity contribution in [2.45, 2.75) is 0 Å². The molecule has 0 spiro atoms. The van der Waals surface area contributed by atoms with Gasteiger partial charge in [-0.2, -0.15) is 5.10 Å². The molecule has 31 heavy (non-hydrogen) atoms. The van der Waals surface area contributed by atoms with Crippen molar-refractivity contribution >= 4 is 34.3 Å². The quantitative estimate of drug-likeness (QED) is 0.355. The monoisotopic (exact) mass is 432 g/mol. The van der Waals surface area contributed by atoms with E-state index >= 15 is 0 Å². The molecule has 1 amide bonds. The predicted octanol–water partition coefficient (Wildman–Crippen LogP) is 3.94. The zero-order chi connectivity index (χ0) is 21.6. The molecule has 0 saturated heterocycles. The van der Waals surface area contributed by atoms with E-state index < -0.39 is 5.91 Å². The molecule has 4 aromatic rings. The maximum absolute atomic E-state index is 12.3. The molecule has 4 rings (SSSR count). The third-order valence-electron chi connectivity index (χ3n) is 4.36. The van der Waals surface area contributed by atoms with Gasteiger partial charge in [0.2, 0.25) is 0 Å². The minimum absolute atomic E-state index is 0.136. The molecule has 3 aromatic carbocycles. The highest BCUT2D eigenvalue weighted by atomic mass is 35.5. The Balaban J connectivity index is 1.48. The molecule has 7 nitrogen and oxygen atoms in total. The van der Waals surface area contributed by atoms with Crippen LogP contribution in [0.1, 0.15) is 11.1 Å². The highest BCUT2D eigenvalue weighted by Crippen LogP contribution is 2.18. The standard InChI is InChI=1S/C23H17ClN4O3/c24-17-5-1-15(2-6-17)23(16-3-7-18(29)8-4-16)28-27-22(30)14-31-19-9-10-20-21(13-19)26-12-11-25-20/h1-13,29H,14H2,(H,27,30). The molecule has 0 aliphatic heterocycles. The number of phenolic OH excluding ortho intramolecular Hbond substituents is 1. The van der Waals surface area contributed by atoms with Gasteiger partial charge < -0.3 is 9.84 Å². The van der Waals surface area contributed by atoms with Crippen LogP contribution in [-0.4, -0.2) is 33.3 Å². The Kier molecular flexibility index (Phi) is 6.05. The molecule has 0 aliphatic rings. The molecular formula is C23H17ClN4O3. The summed E-state index contributed by atoms with van der Waals surface area (Å²) >= 11 is 5.98. The van der Waals surface area contributed by atoms with Crippen molar-refractivity contribution in [2.75, 3.05) is 6.61 Å². The lowest BCUT2D eigenvalue weighted by Gasteiger charge is -2.09. The van der Waals surface area contributed by atoms with E-state index in [4.69, 9.17) is 16.3 Å². The number of nitrogens with one attached hydrogen (secondary N) is 1. The van der Waals surface area contributed by atoms with Crippen LogP contribution in [0.3, 0.4) is 0 Å². The normalized spacial score (nSPS) is 11.3. The lowest BCUT2D eigenvalue weighted by molar-refractivity contribution is -0.123. The third-order valence-corrected chi connectivity index (χ3v) is 4.61. The van der Waals surface area contributed by atoms with Crippen LogP contribution >= 0.6 is 11.6 Å². The first kappa shape index (κ1) is 20.3. The van der Waals surface area contributed by atoms with Gasteiger partial charge in [0.1, 0.15) is 11.5 Å². The number of ether oxygens (including phenoxy) is 1. The maximum atomic E-state index is 12.3. The van der Waals surface area contributed by atoms with Crippen LogP contribution in [0.5, 0.6) is 11.5 Å². The van der Waals surface area contributed by atoms with Crippen molar-refractivity contribution in [2.24, 2.45) is 5.10 Å². The lowest BCUT2D eigenvalue weighted by Crippen LogP contribution is -2.26. The van der Waals surface area contributed by atoms with Crippen LogP contribution in [0.15, 0.2) is 84.2 Å². The summed E-state index contributed by atoms with van der Waals surface area (Å²) in [4.78, 5) is 20.7. The fourth-order valence-electron chi connectivity index (χ4n) is 2.86.